The Bertz CT molecular complexity index is 1280. The van der Waals surface area contributed by atoms with Crippen molar-refractivity contribution in [2.45, 2.75) is 59.4 Å². The number of nitrogens with zero attached hydrogens (tertiary/aromatic N) is 2. The van der Waals surface area contributed by atoms with Gasteiger partial charge >= 0.3 is 5.97 Å². The van der Waals surface area contributed by atoms with E-state index in [-0.39, 0.29) is 35.3 Å². The molecule has 2 aliphatic heterocycles. The molecule has 0 amide bonds. The number of benzene rings is 2. The molecule has 0 aliphatic carbocycles. The van der Waals surface area contributed by atoms with Gasteiger partial charge in [-0.05, 0) is 61.9 Å². The van der Waals surface area contributed by atoms with Crippen LogP contribution < -0.4 is 0 Å². The molecule has 2 atom stereocenters. The van der Waals surface area contributed by atoms with Crippen molar-refractivity contribution in [1.82, 2.24) is 4.90 Å². The fourth-order valence-electron chi connectivity index (χ4n) is 5.28. The van der Waals surface area contributed by atoms with Crippen LogP contribution in [-0.4, -0.2) is 40.1 Å². The molecule has 0 saturated carbocycles. The Morgan fingerprint density at radius 2 is 1.84 bits per heavy atom. The third-order valence-corrected chi connectivity index (χ3v) is 7.96. The Morgan fingerprint density at radius 3 is 2.53 bits per heavy atom. The van der Waals surface area contributed by atoms with Gasteiger partial charge < -0.3 is 9.64 Å². The summed E-state index contributed by atoms with van der Waals surface area (Å²) in [5, 5.41) is 0.690. The highest BCUT2D eigenvalue weighted by Gasteiger charge is 2.44. The van der Waals surface area contributed by atoms with E-state index in [2.05, 4.69) is 30.9 Å². The predicted octanol–water partition coefficient (Wildman–Crippen LogP) is 6.94. The number of carbonyl (C=O) groups is 2. The first-order valence-electron chi connectivity index (χ1n) is 13.3. The molecule has 2 heterocycles. The van der Waals surface area contributed by atoms with Gasteiger partial charge in [-0.15, -0.1) is 0 Å². The Kier molecular flexibility index (Phi) is 9.21. The van der Waals surface area contributed by atoms with Gasteiger partial charge in [-0.1, -0.05) is 68.4 Å². The SMILES string of the molecule is CCCCOC(=O)CSC1=NC(C)=CN2C1=C(C(C)=O)C(CC)C2Cc1ccccc1-c1ccc(F)cc1. The standard InChI is InChI=1S/C31H35FN2O3S/c1-5-7-16-37-28(36)19-38-31-30-29(21(4)35)25(6-2)27(34(30)18-20(3)33-31)17-23-10-8-9-11-26(23)22-12-14-24(32)15-13-22/h8-15,18,25,27H,5-7,16-17,19H2,1-4H3. The summed E-state index contributed by atoms with van der Waals surface area (Å²) >= 11 is 1.33. The molecule has 200 valence electrons. The van der Waals surface area contributed by atoms with Crippen molar-refractivity contribution < 1.29 is 18.7 Å². The summed E-state index contributed by atoms with van der Waals surface area (Å²) in [6.07, 6.45) is 5.31. The molecule has 5 nitrogen and oxygen atoms in total. The van der Waals surface area contributed by atoms with E-state index in [1.807, 2.05) is 25.3 Å². The number of allylic oxidation sites excluding steroid dienone is 1. The molecule has 2 unspecified atom stereocenters. The van der Waals surface area contributed by atoms with Crippen molar-refractivity contribution >= 4 is 28.6 Å². The van der Waals surface area contributed by atoms with Gasteiger partial charge in [-0.3, -0.25) is 9.59 Å². The lowest BCUT2D eigenvalue weighted by molar-refractivity contribution is -0.140. The van der Waals surface area contributed by atoms with Gasteiger partial charge in [0.1, 0.15) is 10.9 Å². The largest absolute Gasteiger partial charge is 0.465 e. The van der Waals surface area contributed by atoms with Gasteiger partial charge in [0.25, 0.3) is 0 Å². The molecule has 0 radical (unpaired) electrons. The maximum absolute atomic E-state index is 13.6. The molecule has 0 spiro atoms. The Balaban J connectivity index is 1.65. The second kappa shape index (κ2) is 12.6. The van der Waals surface area contributed by atoms with Gasteiger partial charge in [-0.25, -0.2) is 9.38 Å². The first-order chi connectivity index (χ1) is 18.3. The minimum Gasteiger partial charge on any atom is -0.465 e. The Labute approximate surface area is 228 Å². The summed E-state index contributed by atoms with van der Waals surface area (Å²) < 4.78 is 18.9. The van der Waals surface area contributed by atoms with Crippen LogP contribution in [0.5, 0.6) is 0 Å². The second-order valence-corrected chi connectivity index (χ2v) is 10.7. The summed E-state index contributed by atoms with van der Waals surface area (Å²) in [5.74, 6) is -0.357. The molecule has 4 rings (SSSR count). The van der Waals surface area contributed by atoms with E-state index in [0.29, 0.717) is 18.1 Å². The number of Topliss-reactive ketones (excluding diaryl/α,β-unsaturated/α-hetero) is 1. The van der Waals surface area contributed by atoms with Crippen LogP contribution in [0.25, 0.3) is 11.1 Å². The lowest BCUT2D eigenvalue weighted by Gasteiger charge is -2.32. The highest BCUT2D eigenvalue weighted by Crippen LogP contribution is 2.44. The normalized spacial score (nSPS) is 18.7. The summed E-state index contributed by atoms with van der Waals surface area (Å²) in [6.45, 7) is 8.13. The minimum atomic E-state index is -0.273. The monoisotopic (exact) mass is 534 g/mol. The summed E-state index contributed by atoms with van der Waals surface area (Å²) in [7, 11) is 0. The van der Waals surface area contributed by atoms with Gasteiger partial charge in [0, 0.05) is 23.7 Å². The quantitative estimate of drug-likeness (QED) is 0.244. The molecule has 2 aromatic rings. The van der Waals surface area contributed by atoms with E-state index in [1.54, 1.807) is 19.1 Å². The minimum absolute atomic E-state index is 0.00746. The van der Waals surface area contributed by atoms with Crippen LogP contribution in [0, 0.1) is 11.7 Å². The fourth-order valence-corrected chi connectivity index (χ4v) is 6.17. The van der Waals surface area contributed by atoms with E-state index in [4.69, 9.17) is 9.73 Å². The van der Waals surface area contributed by atoms with Crippen molar-refractivity contribution in [3.8, 4) is 11.1 Å². The van der Waals surface area contributed by atoms with Crippen molar-refractivity contribution in [2.24, 2.45) is 10.9 Å². The maximum Gasteiger partial charge on any atom is 0.316 e. The van der Waals surface area contributed by atoms with E-state index in [1.165, 1.54) is 23.9 Å². The zero-order chi connectivity index (χ0) is 27.2. The summed E-state index contributed by atoms with van der Waals surface area (Å²) in [5.41, 5.74) is 5.55. The van der Waals surface area contributed by atoms with E-state index < -0.39 is 0 Å². The first-order valence-corrected chi connectivity index (χ1v) is 14.3. The summed E-state index contributed by atoms with van der Waals surface area (Å²) in [4.78, 5) is 32.3. The molecule has 0 N–H and O–H groups in total. The molecule has 0 bridgehead atoms. The number of ether oxygens (including phenoxy) is 1. The highest BCUT2D eigenvalue weighted by molar-refractivity contribution is 8.15. The van der Waals surface area contributed by atoms with Gasteiger partial charge in [0.15, 0.2) is 5.78 Å². The second-order valence-electron chi connectivity index (χ2n) is 9.73. The third-order valence-electron chi connectivity index (χ3n) is 7.02. The molecule has 0 fully saturated rings. The molecule has 0 aromatic heterocycles. The zero-order valence-corrected chi connectivity index (χ0v) is 23.3. The van der Waals surface area contributed by atoms with Crippen LogP contribution in [0.4, 0.5) is 4.39 Å². The van der Waals surface area contributed by atoms with Crippen LogP contribution in [0.15, 0.2) is 76.7 Å². The van der Waals surface area contributed by atoms with E-state index >= 15 is 0 Å². The van der Waals surface area contributed by atoms with Crippen LogP contribution in [0.1, 0.15) is 52.5 Å². The molecule has 38 heavy (non-hydrogen) atoms. The van der Waals surface area contributed by atoms with Crippen molar-refractivity contribution in [3.63, 3.8) is 0 Å². The zero-order valence-electron chi connectivity index (χ0n) is 22.5. The van der Waals surface area contributed by atoms with Crippen LogP contribution in [0.2, 0.25) is 0 Å². The highest BCUT2D eigenvalue weighted by atomic mass is 32.2. The van der Waals surface area contributed by atoms with Gasteiger partial charge in [0.2, 0.25) is 0 Å². The fraction of sp³-hybridized carbons (Fsp3) is 0.387. The Hall–Kier alpha value is -3.19. The van der Waals surface area contributed by atoms with E-state index in [9.17, 15) is 14.0 Å². The average molecular weight is 535 g/mol. The van der Waals surface area contributed by atoms with Gasteiger partial charge in [-0.2, -0.15) is 0 Å². The topological polar surface area (TPSA) is 59.0 Å². The number of hydrogen-bond acceptors (Lipinski definition) is 6. The third kappa shape index (κ3) is 6.09. The number of esters is 1. The van der Waals surface area contributed by atoms with E-state index in [0.717, 1.165) is 52.9 Å². The number of thioether (sulfide) groups is 1. The Morgan fingerprint density at radius 1 is 1.11 bits per heavy atom. The number of hydrogen-bond donors (Lipinski definition) is 0. The van der Waals surface area contributed by atoms with Crippen LogP contribution in [-0.2, 0) is 20.7 Å². The first kappa shape index (κ1) is 27.8. The van der Waals surface area contributed by atoms with Crippen molar-refractivity contribution in [2.75, 3.05) is 12.4 Å². The molecule has 2 aromatic carbocycles. The van der Waals surface area contributed by atoms with Crippen molar-refractivity contribution in [1.29, 1.82) is 0 Å². The maximum atomic E-state index is 13.6. The summed E-state index contributed by atoms with van der Waals surface area (Å²) in [6, 6.07) is 14.7. The van der Waals surface area contributed by atoms with Crippen molar-refractivity contribution in [3.05, 3.63) is 83.1 Å². The lowest BCUT2D eigenvalue weighted by Crippen LogP contribution is -2.35. The number of aliphatic imine (C=N–C) groups is 1. The number of rotatable bonds is 10. The number of ketones is 1. The molecular formula is C31H35FN2O3S. The number of fused-ring (bicyclic) bond motifs is 1. The smallest absolute Gasteiger partial charge is 0.316 e. The van der Waals surface area contributed by atoms with Gasteiger partial charge in [0.05, 0.1) is 23.8 Å². The predicted molar refractivity (Wildman–Crippen MR) is 152 cm³/mol. The molecule has 2 aliphatic rings. The van der Waals surface area contributed by atoms with Crippen LogP contribution >= 0.6 is 11.8 Å². The average Bonchev–Trinajstić information content (AvgIpc) is 3.21. The molecule has 0 saturated heterocycles. The number of unbranched alkanes of at least 4 members (excludes halogenated alkanes) is 1. The lowest BCUT2D eigenvalue weighted by atomic mass is 9.84. The number of carbonyl (C=O) groups excluding carboxylic acids is 2. The number of halogens is 1. The molecule has 7 heteroatoms. The molecular weight excluding hydrogens is 499 g/mol. The van der Waals surface area contributed by atoms with Crippen LogP contribution in [0.3, 0.4) is 0 Å².